The molecule has 0 bridgehead atoms. The summed E-state index contributed by atoms with van der Waals surface area (Å²) in [6.45, 7) is 5.44. The van der Waals surface area contributed by atoms with Gasteiger partial charge in [-0.1, -0.05) is 51.1 Å². The van der Waals surface area contributed by atoms with Gasteiger partial charge in [-0.25, -0.2) is 9.59 Å². The van der Waals surface area contributed by atoms with Crippen LogP contribution in [0.3, 0.4) is 0 Å². The summed E-state index contributed by atoms with van der Waals surface area (Å²) in [6, 6.07) is 7.87. The van der Waals surface area contributed by atoms with Gasteiger partial charge < -0.3 is 20.3 Å². The standard InChI is InChI=1S/C16H23NO5/c1-16(2,3)13(18)9-12(14(19)20)17-15(21)22-10-11-7-5-4-6-8-11/h4-8,12-13,18H,9-10H2,1-3H3,(H,17,21)(H,19,20). The monoisotopic (exact) mass is 309 g/mol. The predicted molar refractivity (Wildman–Crippen MR) is 81.3 cm³/mol. The van der Waals surface area contributed by atoms with Crippen molar-refractivity contribution < 1.29 is 24.5 Å². The molecule has 22 heavy (non-hydrogen) atoms. The van der Waals surface area contributed by atoms with Crippen molar-refractivity contribution in [1.29, 1.82) is 0 Å². The van der Waals surface area contributed by atoms with Crippen molar-refractivity contribution in [3.05, 3.63) is 35.9 Å². The van der Waals surface area contributed by atoms with Gasteiger partial charge in [0.25, 0.3) is 0 Å². The van der Waals surface area contributed by atoms with Crippen molar-refractivity contribution in [1.82, 2.24) is 5.32 Å². The SMILES string of the molecule is CC(C)(C)C(O)CC(NC(=O)OCc1ccccc1)C(=O)O. The van der Waals surface area contributed by atoms with Crippen LogP contribution in [0.5, 0.6) is 0 Å². The first-order valence-electron chi connectivity index (χ1n) is 7.08. The molecule has 0 aromatic heterocycles. The second kappa shape index (κ2) is 7.79. The van der Waals surface area contributed by atoms with Crippen LogP contribution in [0.15, 0.2) is 30.3 Å². The molecule has 0 heterocycles. The maximum atomic E-state index is 11.7. The molecule has 0 aliphatic heterocycles. The zero-order chi connectivity index (χ0) is 16.8. The Morgan fingerprint density at radius 2 is 1.82 bits per heavy atom. The van der Waals surface area contributed by atoms with E-state index in [0.717, 1.165) is 5.56 Å². The van der Waals surface area contributed by atoms with E-state index in [-0.39, 0.29) is 13.0 Å². The number of amides is 1. The van der Waals surface area contributed by atoms with Crippen LogP contribution >= 0.6 is 0 Å². The first-order valence-corrected chi connectivity index (χ1v) is 7.08. The minimum absolute atomic E-state index is 0.0564. The highest BCUT2D eigenvalue weighted by Crippen LogP contribution is 2.22. The lowest BCUT2D eigenvalue weighted by molar-refractivity contribution is -0.140. The van der Waals surface area contributed by atoms with E-state index in [0.29, 0.717) is 0 Å². The van der Waals surface area contributed by atoms with Gasteiger partial charge >= 0.3 is 12.1 Å². The van der Waals surface area contributed by atoms with Crippen molar-refractivity contribution in [2.24, 2.45) is 5.41 Å². The lowest BCUT2D eigenvalue weighted by Crippen LogP contribution is -2.45. The molecule has 6 nitrogen and oxygen atoms in total. The first kappa shape index (κ1) is 18.0. The minimum atomic E-state index is -1.21. The molecule has 1 aromatic rings. The van der Waals surface area contributed by atoms with Crippen molar-refractivity contribution in [3.8, 4) is 0 Å². The lowest BCUT2D eigenvalue weighted by Gasteiger charge is -2.28. The molecule has 1 rings (SSSR count). The maximum Gasteiger partial charge on any atom is 0.408 e. The summed E-state index contributed by atoms with van der Waals surface area (Å²) < 4.78 is 4.98. The van der Waals surface area contributed by atoms with Crippen molar-refractivity contribution in [2.75, 3.05) is 0 Å². The van der Waals surface area contributed by atoms with Gasteiger partial charge in [0.15, 0.2) is 0 Å². The minimum Gasteiger partial charge on any atom is -0.480 e. The van der Waals surface area contributed by atoms with E-state index in [1.165, 1.54) is 0 Å². The Morgan fingerprint density at radius 1 is 1.23 bits per heavy atom. The molecule has 0 aliphatic rings. The first-order chi connectivity index (χ1) is 10.2. The van der Waals surface area contributed by atoms with E-state index in [1.807, 2.05) is 18.2 Å². The number of carbonyl (C=O) groups is 2. The molecule has 2 atom stereocenters. The smallest absolute Gasteiger partial charge is 0.408 e. The van der Waals surface area contributed by atoms with Crippen LogP contribution in [-0.2, 0) is 16.1 Å². The topological polar surface area (TPSA) is 95.9 Å². The largest absolute Gasteiger partial charge is 0.480 e. The fourth-order valence-corrected chi connectivity index (χ4v) is 1.71. The van der Waals surface area contributed by atoms with Crippen LogP contribution < -0.4 is 5.32 Å². The Kier molecular flexibility index (Phi) is 6.37. The quantitative estimate of drug-likeness (QED) is 0.748. The van der Waals surface area contributed by atoms with Gasteiger partial charge in [0, 0.05) is 6.42 Å². The molecule has 6 heteroatoms. The highest BCUT2D eigenvalue weighted by molar-refractivity contribution is 5.79. The van der Waals surface area contributed by atoms with E-state index in [2.05, 4.69) is 5.32 Å². The molecule has 3 N–H and O–H groups in total. The van der Waals surface area contributed by atoms with E-state index in [4.69, 9.17) is 9.84 Å². The molecule has 0 spiro atoms. The number of carboxylic acid groups (broad SMARTS) is 1. The highest BCUT2D eigenvalue weighted by atomic mass is 16.5. The van der Waals surface area contributed by atoms with Gasteiger partial charge in [-0.15, -0.1) is 0 Å². The third-order valence-electron chi connectivity index (χ3n) is 3.26. The fraction of sp³-hybridized carbons (Fsp3) is 0.500. The van der Waals surface area contributed by atoms with Gasteiger partial charge in [-0.3, -0.25) is 0 Å². The molecule has 2 unspecified atom stereocenters. The van der Waals surface area contributed by atoms with Crippen LogP contribution in [0.25, 0.3) is 0 Å². The Hall–Kier alpha value is -2.08. The zero-order valence-electron chi connectivity index (χ0n) is 13.1. The van der Waals surface area contributed by atoms with Crippen molar-refractivity contribution in [3.63, 3.8) is 0 Å². The second-order valence-corrected chi connectivity index (χ2v) is 6.21. The number of alkyl carbamates (subject to hydrolysis) is 1. The Morgan fingerprint density at radius 3 is 2.32 bits per heavy atom. The van der Waals surface area contributed by atoms with E-state index >= 15 is 0 Å². The average molecular weight is 309 g/mol. The van der Waals surface area contributed by atoms with E-state index in [9.17, 15) is 14.7 Å². The Labute approximate surface area is 130 Å². The van der Waals surface area contributed by atoms with E-state index < -0.39 is 29.6 Å². The number of ether oxygens (including phenoxy) is 1. The number of aliphatic hydroxyl groups is 1. The summed E-state index contributed by atoms with van der Waals surface area (Å²) in [5, 5.41) is 21.4. The summed E-state index contributed by atoms with van der Waals surface area (Å²) in [6.07, 6.45) is -1.76. The third-order valence-corrected chi connectivity index (χ3v) is 3.26. The molecular weight excluding hydrogens is 286 g/mol. The normalized spacial score (nSPS) is 14.0. The number of aliphatic hydroxyl groups excluding tert-OH is 1. The number of rotatable bonds is 6. The summed E-state index contributed by atoms with van der Waals surface area (Å²) in [5.74, 6) is -1.21. The van der Waals surface area contributed by atoms with Crippen molar-refractivity contribution in [2.45, 2.75) is 45.9 Å². The fourth-order valence-electron chi connectivity index (χ4n) is 1.71. The lowest BCUT2D eigenvalue weighted by atomic mass is 9.85. The molecule has 0 saturated carbocycles. The molecule has 0 aliphatic carbocycles. The van der Waals surface area contributed by atoms with Crippen LogP contribution in [0, 0.1) is 5.41 Å². The number of aliphatic carboxylic acids is 1. The Bertz CT molecular complexity index is 495. The van der Waals surface area contributed by atoms with Crippen LogP contribution in [0.1, 0.15) is 32.8 Å². The van der Waals surface area contributed by atoms with Gasteiger partial charge in [-0.05, 0) is 11.0 Å². The number of hydrogen-bond acceptors (Lipinski definition) is 4. The second-order valence-electron chi connectivity index (χ2n) is 6.21. The molecule has 122 valence electrons. The number of nitrogens with one attached hydrogen (secondary N) is 1. The number of benzene rings is 1. The third kappa shape index (κ3) is 6.13. The number of hydrogen-bond donors (Lipinski definition) is 3. The van der Waals surface area contributed by atoms with Gasteiger partial charge in [0.05, 0.1) is 6.10 Å². The summed E-state index contributed by atoms with van der Waals surface area (Å²) in [4.78, 5) is 22.9. The Balaban J connectivity index is 2.52. The summed E-state index contributed by atoms with van der Waals surface area (Å²) in [5.41, 5.74) is 0.336. The van der Waals surface area contributed by atoms with Crippen LogP contribution in [0.2, 0.25) is 0 Å². The van der Waals surface area contributed by atoms with Gasteiger partial charge in [0.2, 0.25) is 0 Å². The van der Waals surface area contributed by atoms with Crippen LogP contribution in [-0.4, -0.2) is 34.4 Å². The molecule has 0 radical (unpaired) electrons. The van der Waals surface area contributed by atoms with E-state index in [1.54, 1.807) is 32.9 Å². The summed E-state index contributed by atoms with van der Waals surface area (Å²) >= 11 is 0. The molecule has 1 aromatic carbocycles. The van der Waals surface area contributed by atoms with Gasteiger partial charge in [-0.2, -0.15) is 0 Å². The molecular formula is C16H23NO5. The van der Waals surface area contributed by atoms with Crippen LogP contribution in [0.4, 0.5) is 4.79 Å². The average Bonchev–Trinajstić information content (AvgIpc) is 2.44. The summed E-state index contributed by atoms with van der Waals surface area (Å²) in [7, 11) is 0. The maximum absolute atomic E-state index is 11.7. The number of carboxylic acids is 1. The highest BCUT2D eigenvalue weighted by Gasteiger charge is 2.30. The zero-order valence-corrected chi connectivity index (χ0v) is 13.1. The molecule has 0 saturated heterocycles. The predicted octanol–water partition coefficient (Wildman–Crippen LogP) is 2.16. The molecule has 0 fully saturated rings. The van der Waals surface area contributed by atoms with Gasteiger partial charge in [0.1, 0.15) is 12.6 Å². The van der Waals surface area contributed by atoms with Crippen molar-refractivity contribution >= 4 is 12.1 Å². The number of carbonyl (C=O) groups excluding carboxylic acids is 1. The molecule has 1 amide bonds.